The Hall–Kier alpha value is -2.63. The summed E-state index contributed by atoms with van der Waals surface area (Å²) in [5.41, 5.74) is 0.572. The summed E-state index contributed by atoms with van der Waals surface area (Å²) >= 11 is 0. The van der Waals surface area contributed by atoms with Crippen molar-refractivity contribution in [2.45, 2.75) is 25.8 Å². The smallest absolute Gasteiger partial charge is 0.319 e. The molecule has 2 rings (SSSR count). The number of benzene rings is 1. The quantitative estimate of drug-likeness (QED) is 0.806. The number of fused-ring (bicyclic) bond motifs is 1. The highest BCUT2D eigenvalue weighted by molar-refractivity contribution is 6.00. The van der Waals surface area contributed by atoms with Gasteiger partial charge in [0, 0.05) is 17.1 Å². The van der Waals surface area contributed by atoms with Crippen molar-refractivity contribution in [3.05, 3.63) is 36.5 Å². The number of carboxylic acid groups (broad SMARTS) is 1. The third-order valence-corrected chi connectivity index (χ3v) is 2.94. The van der Waals surface area contributed by atoms with E-state index in [2.05, 4.69) is 15.6 Å². The Bertz CT molecular complexity index is 677. The molecule has 0 aliphatic heterocycles. The van der Waals surface area contributed by atoms with E-state index in [1.54, 1.807) is 38.2 Å². The summed E-state index contributed by atoms with van der Waals surface area (Å²) in [4.78, 5) is 27.0. The summed E-state index contributed by atoms with van der Waals surface area (Å²) in [5.74, 6) is -0.963. The largest absolute Gasteiger partial charge is 0.481 e. The fourth-order valence-electron chi connectivity index (χ4n) is 2.10. The lowest BCUT2D eigenvalue weighted by Crippen LogP contribution is -2.46. The second kappa shape index (κ2) is 5.78. The number of amides is 2. The summed E-state index contributed by atoms with van der Waals surface area (Å²) in [5, 5.41) is 15.0. The molecule has 0 unspecified atom stereocenters. The van der Waals surface area contributed by atoms with Crippen molar-refractivity contribution >= 4 is 28.6 Å². The minimum Gasteiger partial charge on any atom is -0.481 e. The van der Waals surface area contributed by atoms with Gasteiger partial charge in [-0.2, -0.15) is 0 Å². The molecule has 0 aliphatic carbocycles. The zero-order valence-electron chi connectivity index (χ0n) is 11.9. The third-order valence-electron chi connectivity index (χ3n) is 2.94. The molecule has 1 heterocycles. The molecule has 0 aliphatic rings. The maximum Gasteiger partial charge on any atom is 0.319 e. The summed E-state index contributed by atoms with van der Waals surface area (Å²) in [6.07, 6.45) is 1.53. The fraction of sp³-hybridized carbons (Fsp3) is 0.267. The zero-order chi connectivity index (χ0) is 15.5. The molecule has 0 saturated carbocycles. The lowest BCUT2D eigenvalue weighted by molar-refractivity contribution is -0.138. The van der Waals surface area contributed by atoms with Crippen LogP contribution in [0.1, 0.15) is 20.3 Å². The number of nitrogens with one attached hydrogen (secondary N) is 2. The molecule has 6 nitrogen and oxygen atoms in total. The Morgan fingerprint density at radius 1 is 1.24 bits per heavy atom. The van der Waals surface area contributed by atoms with Crippen LogP contribution in [0.25, 0.3) is 10.9 Å². The molecule has 6 heteroatoms. The van der Waals surface area contributed by atoms with E-state index >= 15 is 0 Å². The van der Waals surface area contributed by atoms with Crippen molar-refractivity contribution in [2.24, 2.45) is 0 Å². The molecule has 21 heavy (non-hydrogen) atoms. The van der Waals surface area contributed by atoms with Gasteiger partial charge in [0.15, 0.2) is 0 Å². The number of anilines is 1. The van der Waals surface area contributed by atoms with Gasteiger partial charge in [0.1, 0.15) is 0 Å². The van der Waals surface area contributed by atoms with E-state index in [0.29, 0.717) is 5.69 Å². The van der Waals surface area contributed by atoms with Crippen molar-refractivity contribution in [2.75, 3.05) is 5.32 Å². The summed E-state index contributed by atoms with van der Waals surface area (Å²) in [6, 6.07) is 8.63. The number of aliphatic carboxylic acids is 1. The summed E-state index contributed by atoms with van der Waals surface area (Å²) < 4.78 is 0. The van der Waals surface area contributed by atoms with Gasteiger partial charge in [-0.1, -0.05) is 6.07 Å². The average Bonchev–Trinajstić information content (AvgIpc) is 2.36. The monoisotopic (exact) mass is 287 g/mol. The van der Waals surface area contributed by atoms with Gasteiger partial charge in [-0.25, -0.2) is 4.79 Å². The Morgan fingerprint density at radius 3 is 2.71 bits per heavy atom. The minimum absolute atomic E-state index is 0.155. The molecule has 0 bridgehead atoms. The first kappa shape index (κ1) is 14.8. The molecular weight excluding hydrogens is 270 g/mol. The maximum absolute atomic E-state index is 12.0. The molecule has 0 spiro atoms. The van der Waals surface area contributed by atoms with Crippen molar-refractivity contribution < 1.29 is 14.7 Å². The van der Waals surface area contributed by atoms with E-state index in [-0.39, 0.29) is 6.42 Å². The standard InChI is InChI=1S/C15H17N3O3/c1-15(2,9-13(19)20)18-14(21)17-12-7-3-6-11-10(12)5-4-8-16-11/h3-8H,9H2,1-2H3,(H,19,20)(H2,17,18,21). The van der Waals surface area contributed by atoms with E-state index in [9.17, 15) is 9.59 Å². The van der Waals surface area contributed by atoms with Crippen LogP contribution in [0.5, 0.6) is 0 Å². The molecule has 0 atom stereocenters. The molecule has 110 valence electrons. The predicted octanol–water partition coefficient (Wildman–Crippen LogP) is 2.61. The van der Waals surface area contributed by atoms with Crippen LogP contribution in [0.2, 0.25) is 0 Å². The SMILES string of the molecule is CC(C)(CC(=O)O)NC(=O)Nc1cccc2ncccc12. The molecular formula is C15H17N3O3. The molecule has 0 radical (unpaired) electrons. The number of carboxylic acids is 1. The van der Waals surface area contributed by atoms with Crippen molar-refractivity contribution in [1.82, 2.24) is 10.3 Å². The van der Waals surface area contributed by atoms with Gasteiger partial charge in [-0.15, -0.1) is 0 Å². The van der Waals surface area contributed by atoms with Crippen LogP contribution in [0.3, 0.4) is 0 Å². The first-order chi connectivity index (χ1) is 9.87. The van der Waals surface area contributed by atoms with Crippen molar-refractivity contribution in [3.8, 4) is 0 Å². The molecule has 2 amide bonds. The second-order valence-corrected chi connectivity index (χ2v) is 5.41. The second-order valence-electron chi connectivity index (χ2n) is 5.41. The Balaban J connectivity index is 2.13. The van der Waals surface area contributed by atoms with Gasteiger partial charge >= 0.3 is 12.0 Å². The van der Waals surface area contributed by atoms with E-state index in [1.165, 1.54) is 0 Å². The topological polar surface area (TPSA) is 91.3 Å². The first-order valence-electron chi connectivity index (χ1n) is 6.52. The molecule has 1 aromatic carbocycles. The van der Waals surface area contributed by atoms with Gasteiger partial charge in [0.2, 0.25) is 0 Å². The van der Waals surface area contributed by atoms with Crippen LogP contribution in [0.4, 0.5) is 10.5 Å². The van der Waals surface area contributed by atoms with Crippen LogP contribution in [0.15, 0.2) is 36.5 Å². The number of nitrogens with zero attached hydrogens (tertiary/aromatic N) is 1. The van der Waals surface area contributed by atoms with E-state index in [4.69, 9.17) is 5.11 Å². The van der Waals surface area contributed by atoms with Gasteiger partial charge in [-0.3, -0.25) is 9.78 Å². The highest BCUT2D eigenvalue weighted by atomic mass is 16.4. The van der Waals surface area contributed by atoms with Crippen LogP contribution in [-0.4, -0.2) is 27.6 Å². The lowest BCUT2D eigenvalue weighted by Gasteiger charge is -2.24. The van der Waals surface area contributed by atoms with E-state index in [0.717, 1.165) is 10.9 Å². The number of hydrogen-bond acceptors (Lipinski definition) is 3. The normalized spacial score (nSPS) is 11.1. The van der Waals surface area contributed by atoms with Gasteiger partial charge < -0.3 is 15.7 Å². The fourth-order valence-corrected chi connectivity index (χ4v) is 2.10. The molecule has 3 N–H and O–H groups in total. The van der Waals surface area contributed by atoms with Crippen LogP contribution in [-0.2, 0) is 4.79 Å². The molecule has 2 aromatic rings. The van der Waals surface area contributed by atoms with E-state index < -0.39 is 17.5 Å². The van der Waals surface area contributed by atoms with Gasteiger partial charge in [-0.05, 0) is 38.1 Å². The average molecular weight is 287 g/mol. The first-order valence-corrected chi connectivity index (χ1v) is 6.52. The summed E-state index contributed by atoms with van der Waals surface area (Å²) in [7, 11) is 0. The number of pyridine rings is 1. The highest BCUT2D eigenvalue weighted by Gasteiger charge is 2.24. The van der Waals surface area contributed by atoms with Gasteiger partial charge in [0.05, 0.1) is 17.6 Å². The van der Waals surface area contributed by atoms with Gasteiger partial charge in [0.25, 0.3) is 0 Å². The zero-order valence-corrected chi connectivity index (χ0v) is 11.9. The van der Waals surface area contributed by atoms with Crippen LogP contribution < -0.4 is 10.6 Å². The number of rotatable bonds is 4. The Morgan fingerprint density at radius 2 is 2.00 bits per heavy atom. The van der Waals surface area contributed by atoms with Crippen molar-refractivity contribution in [1.29, 1.82) is 0 Å². The van der Waals surface area contributed by atoms with Crippen LogP contribution >= 0.6 is 0 Å². The Kier molecular flexibility index (Phi) is 4.07. The number of hydrogen-bond donors (Lipinski definition) is 3. The minimum atomic E-state index is -0.963. The van der Waals surface area contributed by atoms with Crippen LogP contribution in [0, 0.1) is 0 Å². The molecule has 0 saturated heterocycles. The van der Waals surface area contributed by atoms with Crippen molar-refractivity contribution in [3.63, 3.8) is 0 Å². The number of urea groups is 1. The third kappa shape index (κ3) is 3.92. The number of carbonyl (C=O) groups is 2. The highest BCUT2D eigenvalue weighted by Crippen LogP contribution is 2.21. The lowest BCUT2D eigenvalue weighted by atomic mass is 10.0. The maximum atomic E-state index is 12.0. The predicted molar refractivity (Wildman–Crippen MR) is 80.2 cm³/mol. The van der Waals surface area contributed by atoms with E-state index in [1.807, 2.05) is 12.1 Å². The molecule has 0 fully saturated rings. The molecule has 1 aromatic heterocycles. The number of carbonyl (C=O) groups excluding carboxylic acids is 1. The number of aromatic nitrogens is 1. The Labute approximate surface area is 122 Å². The summed E-state index contributed by atoms with van der Waals surface area (Å²) in [6.45, 7) is 3.32.